The minimum absolute atomic E-state index is 0. The van der Waals surface area contributed by atoms with Gasteiger partial charge in [-0.05, 0) is 119 Å². The first-order valence-electron chi connectivity index (χ1n) is 25.3. The molecule has 8 aliphatic carbocycles. The van der Waals surface area contributed by atoms with Gasteiger partial charge in [-0.2, -0.15) is 0 Å². The first kappa shape index (κ1) is 65.7. The second-order valence-corrected chi connectivity index (χ2v) is 32.7. The average molecular weight is 1310 g/mol. The molecule has 0 heterocycles. The fourth-order valence-electron chi connectivity index (χ4n) is 7.57. The molecule has 1 unspecified atom stereocenters. The summed E-state index contributed by atoms with van der Waals surface area (Å²) in [5, 5.41) is 9.08. The van der Waals surface area contributed by atoms with E-state index in [0.29, 0.717) is 63.3 Å². The van der Waals surface area contributed by atoms with Crippen molar-refractivity contribution in [1.29, 1.82) is 0 Å². The number of ether oxygens (including phenoxy) is 3. The molecule has 3 aromatic rings. The zero-order valence-corrected chi connectivity index (χ0v) is 52.3. The Hall–Kier alpha value is -2.10. The molecule has 0 radical (unpaired) electrons. The average Bonchev–Trinajstić information content (AvgIpc) is 4.26. The van der Waals surface area contributed by atoms with Crippen LogP contribution in [0.3, 0.4) is 0 Å². The molecule has 0 bridgehead atoms. The van der Waals surface area contributed by atoms with Crippen molar-refractivity contribution in [3.8, 4) is 0 Å². The van der Waals surface area contributed by atoms with Gasteiger partial charge in [-0.15, -0.1) is 0 Å². The monoisotopic (exact) mass is 1300 g/mol. The Morgan fingerprint density at radius 1 is 0.532 bits per heavy atom. The molecular weight excluding hydrogens is 1240 g/mol. The van der Waals surface area contributed by atoms with Crippen LogP contribution in [-0.4, -0.2) is 129 Å². The maximum atomic E-state index is 12.2. The van der Waals surface area contributed by atoms with E-state index in [9.17, 15) is 56.8 Å². The van der Waals surface area contributed by atoms with Crippen molar-refractivity contribution in [2.24, 2.45) is 0 Å². The van der Waals surface area contributed by atoms with Crippen LogP contribution < -0.4 is 29.6 Å². The Morgan fingerprint density at radius 2 is 0.896 bits per heavy atom. The summed E-state index contributed by atoms with van der Waals surface area (Å²) in [6.07, 6.45) is 11.8. The summed E-state index contributed by atoms with van der Waals surface area (Å²) >= 11 is 4.54. The van der Waals surface area contributed by atoms with Crippen molar-refractivity contribution in [2.45, 2.75) is 163 Å². The normalized spacial score (nSPS) is 20.3. The summed E-state index contributed by atoms with van der Waals surface area (Å²) in [5.41, 5.74) is 2.73. The number of aliphatic hydroxyl groups is 1. The van der Waals surface area contributed by atoms with Crippen LogP contribution >= 0.6 is 31.9 Å². The van der Waals surface area contributed by atoms with E-state index in [1.807, 2.05) is 91.0 Å². The molecule has 8 fully saturated rings. The van der Waals surface area contributed by atoms with Crippen LogP contribution in [0, 0.1) is 0 Å². The predicted octanol–water partition coefficient (Wildman–Crippen LogP) is 3.88. The second kappa shape index (κ2) is 28.7. The SMILES string of the molecule is O=C(CBr)OCc1ccccc1.O=C(CS(=O)(=O)C1CC1)OCc1ccccc1.O=C(OCc1ccccc1)C1(S(=O)(=O)C2CC2)CC1.O=S(=O)(C1CC1)C1(CBr)CC1.O=S(=O)(C1CC1)C1(CO)CC1.O=S([O-])C1CC1.[Na+]. The Labute approximate surface area is 495 Å². The molecule has 0 spiro atoms. The van der Waals surface area contributed by atoms with Crippen LogP contribution in [0.2, 0.25) is 0 Å². The van der Waals surface area contributed by atoms with Gasteiger partial charge in [-0.25, -0.2) is 33.7 Å². The van der Waals surface area contributed by atoms with Crippen LogP contribution in [0.25, 0.3) is 0 Å². The van der Waals surface area contributed by atoms with E-state index in [1.165, 1.54) is 0 Å². The largest absolute Gasteiger partial charge is 1.00 e. The summed E-state index contributed by atoms with van der Waals surface area (Å²) < 4.78 is 126. The Kier molecular flexibility index (Phi) is 24.5. The third kappa shape index (κ3) is 19.2. The van der Waals surface area contributed by atoms with Crippen LogP contribution in [0.4, 0.5) is 0 Å². The summed E-state index contributed by atoms with van der Waals surface area (Å²) in [7, 11) is -12.3. The number of rotatable bonds is 20. The van der Waals surface area contributed by atoms with Crippen LogP contribution in [0.15, 0.2) is 91.0 Å². The molecule has 0 aromatic heterocycles. The number of halogens is 2. The summed E-state index contributed by atoms with van der Waals surface area (Å²) in [6.45, 7) is 0.443. The van der Waals surface area contributed by atoms with Gasteiger partial charge in [0, 0.05) is 10.6 Å². The molecule has 1 N–H and O–H groups in total. The predicted molar refractivity (Wildman–Crippen MR) is 294 cm³/mol. The molecule has 17 nitrogen and oxygen atoms in total. The molecular formula is C52H67Br2NaO17S5. The molecule has 1 atom stereocenters. The van der Waals surface area contributed by atoms with Crippen molar-refractivity contribution in [3.05, 3.63) is 108 Å². The molecule has 8 aliphatic rings. The minimum atomic E-state index is -3.33. The van der Waals surface area contributed by atoms with Gasteiger partial charge in [-0.1, -0.05) is 134 Å². The van der Waals surface area contributed by atoms with E-state index in [-0.39, 0.29) is 91.7 Å². The van der Waals surface area contributed by atoms with Crippen molar-refractivity contribution in [3.63, 3.8) is 0 Å². The molecule has 8 saturated carbocycles. The maximum Gasteiger partial charge on any atom is 1.00 e. The molecule has 422 valence electrons. The third-order valence-electron chi connectivity index (χ3n) is 13.8. The van der Waals surface area contributed by atoms with Gasteiger partial charge in [0.25, 0.3) is 0 Å². The number of alkyl halides is 2. The quantitative estimate of drug-likeness (QED) is 0.0552. The number of hydrogen-bond acceptors (Lipinski definition) is 17. The van der Waals surface area contributed by atoms with Crippen molar-refractivity contribution >= 4 is 100 Å². The van der Waals surface area contributed by atoms with Gasteiger partial charge in [0.1, 0.15) is 30.9 Å². The number of carbonyl (C=O) groups excluding carboxylic acids is 3. The van der Waals surface area contributed by atoms with Crippen LogP contribution in [0.5, 0.6) is 0 Å². The number of sulfone groups is 4. The molecule has 0 saturated heterocycles. The summed E-state index contributed by atoms with van der Waals surface area (Å²) in [4.78, 5) is 34.2. The van der Waals surface area contributed by atoms with Crippen molar-refractivity contribution < 1.29 is 106 Å². The fourth-order valence-corrected chi connectivity index (χ4v) is 18.2. The number of aliphatic hydroxyl groups excluding tert-OH is 1. The van der Waals surface area contributed by atoms with Gasteiger partial charge >= 0.3 is 47.5 Å². The standard InChI is InChI=1S/C14H16O4S.C12H14O4S.C9H9BrO2.C7H11BrO2S.C7H12O3S.C3H6O2S.Na/c15-13(18-10-11-4-2-1-3-5-11)14(8-9-14)19(16,17)12-6-7-12;13-12(9-17(14,15)11-6-7-11)16-8-10-4-2-1-3-5-10;10-6-9(11)12-7-8-4-2-1-3-5-8;2*8-5-7(3-4-7)11(9,10)6-1-2-6;4-6(5)3-1-2-3;/h1-5,12H,6-10H2;1-5,11H,6-9H2;1-5H,6-7H2;6H,1-5H2;6,8H,1-5H2;3H,1-2H2,(H,4,5);/q;;;;;;+1/p-1. The number of hydrogen-bond donors (Lipinski definition) is 1. The first-order chi connectivity index (χ1) is 36.0. The molecule has 11 rings (SSSR count). The summed E-state index contributed by atoms with van der Waals surface area (Å²) in [6, 6.07) is 28.1. The van der Waals surface area contributed by atoms with E-state index in [2.05, 4.69) is 31.9 Å². The molecule has 25 heteroatoms. The van der Waals surface area contributed by atoms with Crippen LogP contribution in [0.1, 0.15) is 119 Å². The van der Waals surface area contributed by atoms with E-state index in [4.69, 9.17) is 19.3 Å². The second-order valence-electron chi connectivity index (χ2n) is 20.3. The van der Waals surface area contributed by atoms with Gasteiger partial charge in [-0.3, -0.25) is 18.6 Å². The third-order valence-corrected chi connectivity index (χ3v) is 28.1. The van der Waals surface area contributed by atoms with Crippen LogP contribution in [-0.2, 0) is 98.8 Å². The van der Waals surface area contributed by atoms with Gasteiger partial charge in [0.15, 0.2) is 44.1 Å². The van der Waals surface area contributed by atoms with Gasteiger partial charge in [0.2, 0.25) is 0 Å². The Bertz CT molecular complexity index is 2850. The van der Waals surface area contributed by atoms with Gasteiger partial charge < -0.3 is 23.9 Å². The van der Waals surface area contributed by atoms with E-state index in [0.717, 1.165) is 68.1 Å². The summed E-state index contributed by atoms with van der Waals surface area (Å²) in [5.74, 6) is -1.97. The maximum absolute atomic E-state index is 12.2. The number of carbonyl (C=O) groups is 3. The molecule has 0 amide bonds. The fraction of sp³-hybridized carbons (Fsp3) is 0.596. The zero-order valence-electron chi connectivity index (χ0n) is 43.1. The number of benzene rings is 3. The first-order valence-corrected chi connectivity index (χ1v) is 35.1. The van der Waals surface area contributed by atoms with Crippen molar-refractivity contribution in [2.75, 3.05) is 23.0 Å². The molecule has 77 heavy (non-hydrogen) atoms. The molecule has 0 aliphatic heterocycles. The molecule has 3 aromatic carbocycles. The number of esters is 3. The van der Waals surface area contributed by atoms with Gasteiger partial charge in [0.05, 0.1) is 37.1 Å². The Balaban J connectivity index is 0.000000175. The van der Waals surface area contributed by atoms with Crippen molar-refractivity contribution in [1.82, 2.24) is 0 Å². The van der Waals surface area contributed by atoms with E-state index < -0.39 is 77.6 Å². The van der Waals surface area contributed by atoms with E-state index >= 15 is 0 Å². The van der Waals surface area contributed by atoms with E-state index in [1.54, 1.807) is 0 Å². The Morgan fingerprint density at radius 3 is 1.19 bits per heavy atom. The minimum Gasteiger partial charge on any atom is -0.772 e. The topological polar surface area (TPSA) is 276 Å². The zero-order chi connectivity index (χ0) is 55.4. The smallest absolute Gasteiger partial charge is 0.772 e.